The van der Waals surface area contributed by atoms with Crippen molar-refractivity contribution < 1.29 is 22.3 Å². The van der Waals surface area contributed by atoms with E-state index in [-0.39, 0.29) is 41.5 Å². The summed E-state index contributed by atoms with van der Waals surface area (Å²) in [6.07, 6.45) is 2.20. The zero-order valence-corrected chi connectivity index (χ0v) is 17.0. The lowest BCUT2D eigenvalue weighted by Crippen LogP contribution is -2.40. The number of pyridine rings is 1. The number of halogens is 3. The number of nitrogens with zero attached hydrogens (tertiary/aromatic N) is 2. The Morgan fingerprint density at radius 1 is 1.21 bits per heavy atom. The topological polar surface area (TPSA) is 76.6 Å². The Morgan fingerprint density at radius 2 is 1.93 bits per heavy atom. The summed E-state index contributed by atoms with van der Waals surface area (Å²) in [7, 11) is -3.80. The Kier molecular flexibility index (Phi) is 6.54. The van der Waals surface area contributed by atoms with E-state index in [2.05, 4.69) is 4.98 Å². The van der Waals surface area contributed by atoms with E-state index in [1.54, 1.807) is 12.1 Å². The maximum atomic E-state index is 13.3. The van der Waals surface area contributed by atoms with Crippen molar-refractivity contribution in [1.29, 1.82) is 0 Å². The molecule has 1 saturated heterocycles. The molecule has 3 rings (SSSR count). The Hall–Kier alpha value is -1.74. The molecule has 0 N–H and O–H groups in total. The number of rotatable bonds is 5. The summed E-state index contributed by atoms with van der Waals surface area (Å²) < 4.78 is 45.2. The van der Waals surface area contributed by atoms with Crippen LogP contribution in [-0.2, 0) is 26.2 Å². The first kappa shape index (κ1) is 21.0. The zero-order valence-electron chi connectivity index (χ0n) is 14.6. The molecule has 28 heavy (non-hydrogen) atoms. The highest BCUT2D eigenvalue weighted by Gasteiger charge is 2.33. The average Bonchev–Trinajstić information content (AvgIpc) is 2.69. The third-order valence-electron chi connectivity index (χ3n) is 4.49. The maximum absolute atomic E-state index is 13.3. The molecule has 0 unspecified atom stereocenters. The van der Waals surface area contributed by atoms with Gasteiger partial charge in [0.1, 0.15) is 17.6 Å². The van der Waals surface area contributed by atoms with Crippen molar-refractivity contribution in [2.24, 2.45) is 5.92 Å². The van der Waals surface area contributed by atoms with Gasteiger partial charge in [-0.1, -0.05) is 29.3 Å². The molecule has 2 heterocycles. The van der Waals surface area contributed by atoms with Crippen molar-refractivity contribution in [3.8, 4) is 0 Å². The quantitative estimate of drug-likeness (QED) is 0.517. The molecular formula is C18H17Cl2FN2O4S. The van der Waals surface area contributed by atoms with Crippen LogP contribution >= 0.6 is 23.2 Å². The third kappa shape index (κ3) is 4.81. The van der Waals surface area contributed by atoms with Gasteiger partial charge >= 0.3 is 5.97 Å². The van der Waals surface area contributed by atoms with Crippen LogP contribution in [-0.4, -0.2) is 36.8 Å². The molecule has 0 radical (unpaired) electrons. The van der Waals surface area contributed by atoms with Crippen LogP contribution in [0.2, 0.25) is 10.2 Å². The first-order chi connectivity index (χ1) is 13.3. The summed E-state index contributed by atoms with van der Waals surface area (Å²) in [5, 5.41) is 0.0994. The molecule has 1 fully saturated rings. The van der Waals surface area contributed by atoms with E-state index >= 15 is 0 Å². The molecule has 1 aliphatic heterocycles. The lowest BCUT2D eigenvalue weighted by Gasteiger charge is -2.30. The van der Waals surface area contributed by atoms with Gasteiger partial charge in [-0.05, 0) is 37.1 Å². The van der Waals surface area contributed by atoms with Crippen molar-refractivity contribution in [2.45, 2.75) is 24.3 Å². The van der Waals surface area contributed by atoms with Crippen molar-refractivity contribution in [1.82, 2.24) is 9.29 Å². The van der Waals surface area contributed by atoms with Crippen LogP contribution in [0.15, 0.2) is 41.4 Å². The van der Waals surface area contributed by atoms with Gasteiger partial charge in [0.05, 0.1) is 15.8 Å². The highest BCUT2D eigenvalue weighted by molar-refractivity contribution is 7.89. The predicted octanol–water partition coefficient (Wildman–Crippen LogP) is 3.67. The second-order valence-electron chi connectivity index (χ2n) is 6.35. The van der Waals surface area contributed by atoms with E-state index in [4.69, 9.17) is 27.9 Å². The second kappa shape index (κ2) is 8.73. The summed E-state index contributed by atoms with van der Waals surface area (Å²) >= 11 is 11.4. The van der Waals surface area contributed by atoms with Crippen LogP contribution in [0.3, 0.4) is 0 Å². The van der Waals surface area contributed by atoms with Crippen molar-refractivity contribution in [3.05, 3.63) is 58.1 Å². The van der Waals surface area contributed by atoms with Crippen LogP contribution in [0.25, 0.3) is 0 Å². The number of aromatic nitrogens is 1. The van der Waals surface area contributed by atoms with Crippen LogP contribution in [0.1, 0.15) is 18.4 Å². The number of piperidine rings is 1. The summed E-state index contributed by atoms with van der Waals surface area (Å²) in [6.45, 7) is 0.411. The Morgan fingerprint density at radius 3 is 2.54 bits per heavy atom. The fraction of sp³-hybridized carbons (Fsp3) is 0.333. The molecule has 10 heteroatoms. The molecule has 0 saturated carbocycles. The average molecular weight is 447 g/mol. The molecule has 0 aliphatic carbocycles. The van der Waals surface area contributed by atoms with Crippen LogP contribution in [0, 0.1) is 11.7 Å². The standard InChI is InChI=1S/C18H17Cl2FN2O4S/c19-15-9-14(2-3-16(15)21)28(25,26)23-7-5-13(6-8-23)18(24)27-11-12-1-4-17(20)22-10-12/h1-4,9-10,13H,5-8,11H2. The number of hydrogen-bond donors (Lipinski definition) is 0. The van der Waals surface area contributed by atoms with E-state index in [1.807, 2.05) is 0 Å². The largest absolute Gasteiger partial charge is 0.461 e. The number of ether oxygens (including phenoxy) is 1. The molecule has 0 bridgehead atoms. The van der Waals surface area contributed by atoms with Gasteiger partial charge in [-0.2, -0.15) is 4.31 Å². The summed E-state index contributed by atoms with van der Waals surface area (Å²) in [5.41, 5.74) is 0.714. The van der Waals surface area contributed by atoms with E-state index < -0.39 is 15.8 Å². The molecule has 0 atom stereocenters. The third-order valence-corrected chi connectivity index (χ3v) is 6.89. The molecule has 0 amide bonds. The molecule has 2 aromatic rings. The Bertz CT molecular complexity index is 962. The van der Waals surface area contributed by atoms with Crippen molar-refractivity contribution >= 4 is 39.2 Å². The maximum Gasteiger partial charge on any atom is 0.309 e. The van der Waals surface area contributed by atoms with Crippen molar-refractivity contribution in [3.63, 3.8) is 0 Å². The number of esters is 1. The minimum absolute atomic E-state index is 0.0739. The first-order valence-corrected chi connectivity index (χ1v) is 10.7. The SMILES string of the molecule is O=C(OCc1ccc(Cl)nc1)C1CCN(S(=O)(=O)c2ccc(F)c(Cl)c2)CC1. The highest BCUT2D eigenvalue weighted by atomic mass is 35.5. The Labute approximate surface area is 172 Å². The van der Waals surface area contributed by atoms with Crippen LogP contribution in [0.5, 0.6) is 0 Å². The van der Waals surface area contributed by atoms with Gasteiger partial charge < -0.3 is 4.74 Å². The van der Waals surface area contributed by atoms with Gasteiger partial charge in [-0.15, -0.1) is 0 Å². The van der Waals surface area contributed by atoms with Gasteiger partial charge in [0.2, 0.25) is 10.0 Å². The van der Waals surface area contributed by atoms with Crippen LogP contribution in [0.4, 0.5) is 4.39 Å². The van der Waals surface area contributed by atoms with Gasteiger partial charge in [0.25, 0.3) is 0 Å². The summed E-state index contributed by atoms with van der Waals surface area (Å²) in [6, 6.07) is 6.61. The smallest absolute Gasteiger partial charge is 0.309 e. The zero-order chi connectivity index (χ0) is 20.3. The molecule has 1 aromatic carbocycles. The van der Waals surface area contributed by atoms with Crippen LogP contribution < -0.4 is 0 Å². The molecular weight excluding hydrogens is 430 g/mol. The van der Waals surface area contributed by atoms with E-state index in [9.17, 15) is 17.6 Å². The molecule has 1 aliphatic rings. The number of sulfonamides is 1. The molecule has 1 aromatic heterocycles. The minimum atomic E-state index is -3.80. The summed E-state index contributed by atoms with van der Waals surface area (Å²) in [5.74, 6) is -1.45. The Balaban J connectivity index is 1.56. The monoisotopic (exact) mass is 446 g/mol. The highest BCUT2D eigenvalue weighted by Crippen LogP contribution is 2.27. The lowest BCUT2D eigenvalue weighted by molar-refractivity contribution is -0.151. The first-order valence-electron chi connectivity index (χ1n) is 8.49. The van der Waals surface area contributed by atoms with Gasteiger partial charge in [-0.3, -0.25) is 4.79 Å². The fourth-order valence-electron chi connectivity index (χ4n) is 2.88. The van der Waals surface area contributed by atoms with E-state index in [1.165, 1.54) is 16.6 Å². The predicted molar refractivity (Wildman–Crippen MR) is 102 cm³/mol. The second-order valence-corrected chi connectivity index (χ2v) is 9.08. The van der Waals surface area contributed by atoms with E-state index in [0.717, 1.165) is 12.1 Å². The van der Waals surface area contributed by atoms with Gasteiger partial charge in [0.15, 0.2) is 0 Å². The lowest BCUT2D eigenvalue weighted by atomic mass is 9.98. The minimum Gasteiger partial charge on any atom is -0.461 e. The van der Waals surface area contributed by atoms with Gasteiger partial charge in [0, 0.05) is 24.8 Å². The summed E-state index contributed by atoms with van der Waals surface area (Å²) in [4.78, 5) is 16.1. The number of hydrogen-bond acceptors (Lipinski definition) is 5. The fourth-order valence-corrected chi connectivity index (χ4v) is 4.74. The molecule has 150 valence electrons. The van der Waals surface area contributed by atoms with E-state index in [0.29, 0.717) is 23.6 Å². The van der Waals surface area contributed by atoms with Crippen molar-refractivity contribution in [2.75, 3.05) is 13.1 Å². The molecule has 0 spiro atoms. The normalized spacial score (nSPS) is 16.1. The van der Waals surface area contributed by atoms with Gasteiger partial charge in [-0.25, -0.2) is 17.8 Å². The number of carbonyl (C=O) groups is 1. The number of benzene rings is 1. The molecule has 6 nitrogen and oxygen atoms in total. The number of carbonyl (C=O) groups excluding carboxylic acids is 1.